The molecule has 0 radical (unpaired) electrons. The first kappa shape index (κ1) is 37.3. The zero-order valence-electron chi connectivity index (χ0n) is 33.3. The van der Waals surface area contributed by atoms with Crippen LogP contribution in [0.25, 0.3) is 0 Å². The molecular formula is C44H70O4Si. The maximum absolute atomic E-state index is 13.7. The number of carbonyl (C=O) groups is 1. The second kappa shape index (κ2) is 12.6. The third kappa shape index (κ3) is 5.60. The summed E-state index contributed by atoms with van der Waals surface area (Å²) in [5, 5.41) is 0.165. The van der Waals surface area contributed by atoms with Crippen LogP contribution in [0.4, 0.5) is 0 Å². The van der Waals surface area contributed by atoms with Crippen molar-refractivity contribution in [2.75, 3.05) is 13.7 Å². The van der Waals surface area contributed by atoms with Crippen molar-refractivity contribution in [3.8, 4) is 0 Å². The van der Waals surface area contributed by atoms with Gasteiger partial charge >= 0.3 is 5.97 Å². The molecule has 6 rings (SSSR count). The molecule has 0 N–H and O–H groups in total. The first-order valence-electron chi connectivity index (χ1n) is 19.9. The minimum absolute atomic E-state index is 0.0495. The van der Waals surface area contributed by atoms with Gasteiger partial charge in [-0.15, -0.1) is 0 Å². The van der Waals surface area contributed by atoms with Crippen molar-refractivity contribution in [3.05, 3.63) is 47.5 Å². The van der Waals surface area contributed by atoms with Gasteiger partial charge in [-0.3, -0.25) is 4.79 Å². The Morgan fingerprint density at radius 2 is 1.59 bits per heavy atom. The van der Waals surface area contributed by atoms with Gasteiger partial charge in [-0.25, -0.2) is 0 Å². The number of fused-ring (bicyclic) bond motifs is 7. The summed E-state index contributed by atoms with van der Waals surface area (Å²) in [7, 11) is -0.385. The number of benzene rings is 1. The van der Waals surface area contributed by atoms with E-state index in [1.165, 1.54) is 24.8 Å². The highest BCUT2D eigenvalue weighted by atomic mass is 28.4. The maximum atomic E-state index is 13.7. The summed E-state index contributed by atoms with van der Waals surface area (Å²) < 4.78 is 19.8. The molecular weight excluding hydrogens is 621 g/mol. The number of carbonyl (C=O) groups excluding carboxylic acids is 1. The molecule has 0 aliphatic heterocycles. The summed E-state index contributed by atoms with van der Waals surface area (Å²) in [6.07, 6.45) is 12.9. The van der Waals surface area contributed by atoms with Gasteiger partial charge in [-0.2, -0.15) is 0 Å². The molecule has 5 heteroatoms. The van der Waals surface area contributed by atoms with E-state index in [9.17, 15) is 4.79 Å². The minimum Gasteiger partial charge on any atom is -0.469 e. The fourth-order valence-corrected chi connectivity index (χ4v) is 14.2. The molecule has 0 saturated heterocycles. The van der Waals surface area contributed by atoms with Crippen molar-refractivity contribution in [3.63, 3.8) is 0 Å². The fourth-order valence-electron chi connectivity index (χ4n) is 12.7. The van der Waals surface area contributed by atoms with E-state index in [2.05, 4.69) is 112 Å². The predicted molar refractivity (Wildman–Crippen MR) is 203 cm³/mol. The highest BCUT2D eigenvalue weighted by Gasteiger charge is 2.70. The van der Waals surface area contributed by atoms with E-state index in [-0.39, 0.29) is 50.1 Å². The Balaban J connectivity index is 1.37. The molecule has 1 aromatic carbocycles. The third-order valence-corrected chi connectivity index (χ3v) is 21.6. The number of hydrogen-bond donors (Lipinski definition) is 0. The van der Waals surface area contributed by atoms with Crippen LogP contribution in [0, 0.1) is 56.7 Å². The largest absolute Gasteiger partial charge is 0.469 e. The molecule has 4 fully saturated rings. The first-order valence-corrected chi connectivity index (χ1v) is 22.8. The molecule has 5 aliphatic carbocycles. The van der Waals surface area contributed by atoms with Gasteiger partial charge in [0.2, 0.25) is 0 Å². The van der Waals surface area contributed by atoms with Gasteiger partial charge in [0.05, 0.1) is 31.8 Å². The second-order valence-electron chi connectivity index (χ2n) is 20.2. The van der Waals surface area contributed by atoms with Gasteiger partial charge in [0, 0.05) is 5.41 Å². The van der Waals surface area contributed by atoms with Crippen molar-refractivity contribution >= 4 is 14.3 Å². The average Bonchev–Trinajstić information content (AvgIpc) is 3.04. The van der Waals surface area contributed by atoms with Gasteiger partial charge in [0.1, 0.15) is 0 Å². The smallest absolute Gasteiger partial charge is 0.312 e. The summed E-state index contributed by atoms with van der Waals surface area (Å²) in [6, 6.07) is 10.7. The molecule has 274 valence electrons. The number of rotatable bonds is 7. The van der Waals surface area contributed by atoms with Crippen LogP contribution in [0.1, 0.15) is 126 Å². The molecule has 11 atom stereocenters. The Morgan fingerprint density at radius 3 is 2.24 bits per heavy atom. The van der Waals surface area contributed by atoms with Crippen molar-refractivity contribution < 1.29 is 18.7 Å². The van der Waals surface area contributed by atoms with E-state index in [4.69, 9.17) is 13.9 Å². The van der Waals surface area contributed by atoms with Crippen molar-refractivity contribution in [2.45, 2.75) is 151 Å². The van der Waals surface area contributed by atoms with Crippen molar-refractivity contribution in [1.29, 1.82) is 0 Å². The van der Waals surface area contributed by atoms with Crippen LogP contribution < -0.4 is 0 Å². The molecule has 0 bridgehead atoms. The van der Waals surface area contributed by atoms with Crippen LogP contribution in [0.15, 0.2) is 42.0 Å². The lowest BCUT2D eigenvalue weighted by molar-refractivity contribution is -0.219. The summed E-state index contributed by atoms with van der Waals surface area (Å²) >= 11 is 0. The summed E-state index contributed by atoms with van der Waals surface area (Å²) in [5.74, 6) is 2.57. The van der Waals surface area contributed by atoms with Gasteiger partial charge in [0.15, 0.2) is 8.32 Å². The van der Waals surface area contributed by atoms with E-state index in [1.54, 1.807) is 12.7 Å². The highest BCUT2D eigenvalue weighted by molar-refractivity contribution is 6.74. The molecule has 1 aromatic rings. The molecule has 0 unspecified atom stereocenters. The lowest BCUT2D eigenvalue weighted by atomic mass is 9.33. The molecule has 4 saturated carbocycles. The molecule has 4 nitrogen and oxygen atoms in total. The molecule has 0 amide bonds. The Bertz CT molecular complexity index is 1410. The van der Waals surface area contributed by atoms with Gasteiger partial charge < -0.3 is 13.9 Å². The number of methoxy groups -OCH3 is 1. The van der Waals surface area contributed by atoms with E-state index in [0.717, 1.165) is 45.1 Å². The van der Waals surface area contributed by atoms with Crippen molar-refractivity contribution in [1.82, 2.24) is 0 Å². The second-order valence-corrected chi connectivity index (χ2v) is 24.9. The quantitative estimate of drug-likeness (QED) is 0.162. The van der Waals surface area contributed by atoms with E-state index in [0.29, 0.717) is 30.3 Å². The standard InChI is InChI=1S/C44H70O4Si/c1-30-20-25-44(38(45)46-10)27-26-42(8)33(37(44)31(30)2)18-19-35-40(6)23-22-36(48-49(11,12)39(3,4)5)41(7,34(40)21-24-43(35,42)9)29-47-28-32-16-14-13-15-17-32/h13-18,30-31,34-37H,19-29H2,1-12H3/t30-,31+,34-,35-,36-,37+,40+,41+,42-,43-,44+/m1/s1. The predicted octanol–water partition coefficient (Wildman–Crippen LogP) is 11.4. The van der Waals surface area contributed by atoms with E-state index in [1.807, 2.05) is 0 Å². The van der Waals surface area contributed by atoms with Crippen LogP contribution in [-0.4, -0.2) is 34.1 Å². The average molecular weight is 691 g/mol. The maximum Gasteiger partial charge on any atom is 0.312 e. The summed E-state index contributed by atoms with van der Waals surface area (Å²) in [6.45, 7) is 28.8. The summed E-state index contributed by atoms with van der Waals surface area (Å²) in [5.41, 5.74) is 2.91. The Hall–Kier alpha value is -1.43. The SMILES string of the molecule is COC(=O)[C@]12CC[C@@H](C)[C@H](C)[C@H]1C1=CC[C@@H]3[C@@]4(C)CC[C@@H](O[Si](C)(C)C(C)(C)C)[C@@](C)(COCc5ccccc5)[C@@H]4CC[C@@]3(C)[C@]1(C)CC2. The number of ether oxygens (including phenoxy) is 2. The van der Waals surface area contributed by atoms with Gasteiger partial charge in [-0.05, 0) is 127 Å². The van der Waals surface area contributed by atoms with Gasteiger partial charge in [0.25, 0.3) is 0 Å². The van der Waals surface area contributed by atoms with Crippen LogP contribution in [0.2, 0.25) is 18.1 Å². The number of esters is 1. The number of hydrogen-bond acceptors (Lipinski definition) is 4. The normalized spacial score (nSPS) is 43.7. The zero-order chi connectivity index (χ0) is 35.8. The molecule has 5 aliphatic rings. The van der Waals surface area contributed by atoms with E-state index >= 15 is 0 Å². The third-order valence-electron chi connectivity index (χ3n) is 17.1. The van der Waals surface area contributed by atoms with Crippen molar-refractivity contribution in [2.24, 2.45) is 56.7 Å². The van der Waals surface area contributed by atoms with Crippen LogP contribution >= 0.6 is 0 Å². The summed E-state index contributed by atoms with van der Waals surface area (Å²) in [4.78, 5) is 13.7. The highest BCUT2D eigenvalue weighted by Crippen LogP contribution is 2.76. The topological polar surface area (TPSA) is 44.8 Å². The van der Waals surface area contributed by atoms with Gasteiger partial charge in [-0.1, -0.05) is 104 Å². The number of allylic oxidation sites excluding steroid dienone is 2. The molecule has 0 spiro atoms. The zero-order valence-corrected chi connectivity index (χ0v) is 34.3. The fraction of sp³-hybridized carbons (Fsp3) is 0.795. The Labute approximate surface area is 301 Å². The van der Waals surface area contributed by atoms with E-state index < -0.39 is 8.32 Å². The Morgan fingerprint density at radius 1 is 0.898 bits per heavy atom. The van der Waals surface area contributed by atoms with Crippen LogP contribution in [0.3, 0.4) is 0 Å². The molecule has 0 heterocycles. The first-order chi connectivity index (χ1) is 22.8. The van der Waals surface area contributed by atoms with Crippen LogP contribution in [-0.2, 0) is 25.3 Å². The molecule has 49 heavy (non-hydrogen) atoms. The molecule has 0 aromatic heterocycles. The monoisotopic (exact) mass is 691 g/mol. The lowest BCUT2D eigenvalue weighted by Gasteiger charge is -2.72. The minimum atomic E-state index is -2.00. The Kier molecular flexibility index (Phi) is 9.61. The van der Waals surface area contributed by atoms with Crippen LogP contribution in [0.5, 0.6) is 0 Å². The lowest BCUT2D eigenvalue weighted by Crippen LogP contribution is -2.67.